The van der Waals surface area contributed by atoms with E-state index in [1.54, 1.807) is 12.1 Å². The predicted molar refractivity (Wildman–Crippen MR) is 120 cm³/mol. The zero-order chi connectivity index (χ0) is 23.0. The number of likely N-dealkylation sites (tertiary alicyclic amines) is 1. The Balaban J connectivity index is 1.63. The van der Waals surface area contributed by atoms with Crippen molar-refractivity contribution in [2.24, 2.45) is 14.1 Å². The van der Waals surface area contributed by atoms with Gasteiger partial charge in [-0.05, 0) is 50.2 Å². The second-order valence-electron chi connectivity index (χ2n) is 7.88. The van der Waals surface area contributed by atoms with Gasteiger partial charge in [-0.2, -0.15) is 0 Å². The molecule has 1 amide bonds. The van der Waals surface area contributed by atoms with Crippen LogP contribution in [0, 0.1) is 5.82 Å². The van der Waals surface area contributed by atoms with E-state index >= 15 is 0 Å². The lowest BCUT2D eigenvalue weighted by molar-refractivity contribution is 0.0932. The first-order chi connectivity index (χ1) is 15.3. The van der Waals surface area contributed by atoms with E-state index in [4.69, 9.17) is 11.6 Å². The maximum atomic E-state index is 14.6. The molecule has 1 aliphatic rings. The monoisotopic (exact) mass is 459 g/mol. The van der Waals surface area contributed by atoms with E-state index in [1.165, 1.54) is 36.9 Å². The van der Waals surface area contributed by atoms with Gasteiger partial charge in [-0.1, -0.05) is 17.7 Å². The number of aryl methyl sites for hydroxylation is 1. The van der Waals surface area contributed by atoms with Gasteiger partial charge in [-0.25, -0.2) is 14.2 Å². The van der Waals surface area contributed by atoms with Gasteiger partial charge in [-0.15, -0.1) is 0 Å². The Hall–Kier alpha value is -3.04. The van der Waals surface area contributed by atoms with Gasteiger partial charge in [0.2, 0.25) is 0 Å². The summed E-state index contributed by atoms with van der Waals surface area (Å²) in [6.07, 6.45) is 1.98. The first-order valence-corrected chi connectivity index (χ1v) is 10.7. The van der Waals surface area contributed by atoms with Crippen molar-refractivity contribution in [1.82, 2.24) is 24.3 Å². The van der Waals surface area contributed by atoms with Crippen LogP contribution in [0.15, 0.2) is 39.9 Å². The Morgan fingerprint density at radius 3 is 2.56 bits per heavy atom. The van der Waals surface area contributed by atoms with Gasteiger partial charge in [-0.3, -0.25) is 23.6 Å². The maximum Gasteiger partial charge on any atom is 0.332 e. The van der Waals surface area contributed by atoms with Crippen molar-refractivity contribution in [2.75, 3.05) is 19.6 Å². The van der Waals surface area contributed by atoms with E-state index in [2.05, 4.69) is 15.2 Å². The molecule has 4 rings (SSSR count). The molecule has 168 valence electrons. The van der Waals surface area contributed by atoms with E-state index < -0.39 is 29.0 Å². The Bertz CT molecular complexity index is 1290. The third kappa shape index (κ3) is 3.93. The lowest BCUT2D eigenvalue weighted by Crippen LogP contribution is -2.39. The Morgan fingerprint density at radius 2 is 1.88 bits per heavy atom. The third-order valence-corrected chi connectivity index (χ3v) is 6.23. The van der Waals surface area contributed by atoms with Gasteiger partial charge in [0.15, 0.2) is 0 Å². The van der Waals surface area contributed by atoms with Gasteiger partial charge >= 0.3 is 5.69 Å². The smallest absolute Gasteiger partial charge is 0.332 e. The van der Waals surface area contributed by atoms with Crippen molar-refractivity contribution in [3.63, 3.8) is 0 Å². The molecule has 1 fully saturated rings. The number of pyridine rings is 1. The van der Waals surface area contributed by atoms with E-state index in [0.29, 0.717) is 10.6 Å². The molecular weight excluding hydrogens is 437 g/mol. The quantitative estimate of drug-likeness (QED) is 0.630. The number of aromatic nitrogens is 3. The molecular formula is C22H23ClFN5O3. The molecule has 3 aromatic rings. The lowest BCUT2D eigenvalue weighted by atomic mass is 10.0. The van der Waals surface area contributed by atoms with Gasteiger partial charge in [0.1, 0.15) is 17.2 Å². The van der Waals surface area contributed by atoms with Crippen LogP contribution < -0.4 is 16.6 Å². The highest BCUT2D eigenvalue weighted by molar-refractivity contribution is 6.31. The number of fused-ring (bicyclic) bond motifs is 1. The molecule has 1 saturated heterocycles. The number of rotatable bonds is 5. The first-order valence-electron chi connectivity index (χ1n) is 10.3. The zero-order valence-corrected chi connectivity index (χ0v) is 18.5. The average molecular weight is 460 g/mol. The summed E-state index contributed by atoms with van der Waals surface area (Å²) in [6, 6.07) is 7.03. The van der Waals surface area contributed by atoms with Crippen molar-refractivity contribution in [1.29, 1.82) is 0 Å². The number of nitrogens with zero attached hydrogens (tertiary/aromatic N) is 4. The molecule has 2 aromatic heterocycles. The van der Waals surface area contributed by atoms with Crippen LogP contribution in [0.3, 0.4) is 0 Å². The number of carbonyl (C=O) groups is 1. The summed E-state index contributed by atoms with van der Waals surface area (Å²) < 4.78 is 16.8. The molecule has 0 aliphatic carbocycles. The molecule has 0 saturated carbocycles. The van der Waals surface area contributed by atoms with Crippen LogP contribution in [-0.4, -0.2) is 44.6 Å². The van der Waals surface area contributed by atoms with Crippen molar-refractivity contribution in [3.8, 4) is 0 Å². The summed E-state index contributed by atoms with van der Waals surface area (Å²) >= 11 is 6.30. The van der Waals surface area contributed by atoms with Crippen molar-refractivity contribution in [3.05, 3.63) is 73.3 Å². The van der Waals surface area contributed by atoms with Gasteiger partial charge in [0.25, 0.3) is 11.5 Å². The zero-order valence-electron chi connectivity index (χ0n) is 17.8. The fourth-order valence-corrected chi connectivity index (χ4v) is 4.45. The highest BCUT2D eigenvalue weighted by Gasteiger charge is 2.28. The fraction of sp³-hybridized carbons (Fsp3) is 0.364. The van der Waals surface area contributed by atoms with Crippen LogP contribution >= 0.6 is 11.6 Å². The standard InChI is InChI=1S/C22H23ClFN5O3/c1-27-19-13(21(31)28(2)22(27)32)8-9-16(26-19)20(30)25-12-17(29-10-3-4-11-29)18-14(23)6-5-7-15(18)24/h5-9,17H,3-4,10-12H2,1-2H3,(H,25,30). The molecule has 1 N–H and O–H groups in total. The minimum absolute atomic E-state index is 0.0561. The van der Waals surface area contributed by atoms with Crippen LogP contribution in [0.25, 0.3) is 11.0 Å². The molecule has 1 unspecified atom stereocenters. The minimum atomic E-state index is -0.532. The van der Waals surface area contributed by atoms with Crippen molar-refractivity contribution < 1.29 is 9.18 Å². The molecule has 1 aromatic carbocycles. The number of nitrogens with one attached hydrogen (secondary N) is 1. The molecule has 1 aliphatic heterocycles. The van der Waals surface area contributed by atoms with Gasteiger partial charge in [0.05, 0.1) is 11.4 Å². The number of hydrogen-bond donors (Lipinski definition) is 1. The van der Waals surface area contributed by atoms with Crippen molar-refractivity contribution >= 4 is 28.5 Å². The van der Waals surface area contributed by atoms with Crippen LogP contribution in [0.5, 0.6) is 0 Å². The van der Waals surface area contributed by atoms with Gasteiger partial charge in [0, 0.05) is 31.2 Å². The van der Waals surface area contributed by atoms with E-state index in [9.17, 15) is 18.8 Å². The maximum absolute atomic E-state index is 14.6. The molecule has 0 bridgehead atoms. The molecule has 8 nitrogen and oxygen atoms in total. The van der Waals surface area contributed by atoms with Crippen molar-refractivity contribution in [2.45, 2.75) is 18.9 Å². The number of carbonyl (C=O) groups excluding carboxylic acids is 1. The predicted octanol–water partition coefficient (Wildman–Crippen LogP) is 1.99. The number of amides is 1. The Morgan fingerprint density at radius 1 is 1.16 bits per heavy atom. The summed E-state index contributed by atoms with van der Waals surface area (Å²) in [7, 11) is 2.87. The molecule has 0 spiro atoms. The molecule has 3 heterocycles. The van der Waals surface area contributed by atoms with Crippen LogP contribution in [0.4, 0.5) is 4.39 Å². The minimum Gasteiger partial charge on any atom is -0.349 e. The van der Waals surface area contributed by atoms with Crippen LogP contribution in [0.1, 0.15) is 34.9 Å². The largest absolute Gasteiger partial charge is 0.349 e. The number of halogens is 2. The summed E-state index contributed by atoms with van der Waals surface area (Å²) in [5, 5.41) is 3.36. The second-order valence-corrected chi connectivity index (χ2v) is 8.28. The van der Waals surface area contributed by atoms with Crippen LogP contribution in [-0.2, 0) is 14.1 Å². The van der Waals surface area contributed by atoms with E-state index in [0.717, 1.165) is 30.5 Å². The Labute approximate surface area is 188 Å². The normalized spacial score (nSPS) is 15.2. The second kappa shape index (κ2) is 8.84. The van der Waals surface area contributed by atoms with Crippen LogP contribution in [0.2, 0.25) is 5.02 Å². The number of hydrogen-bond acceptors (Lipinski definition) is 5. The average Bonchev–Trinajstić information content (AvgIpc) is 3.32. The number of benzene rings is 1. The fourth-order valence-electron chi connectivity index (χ4n) is 4.16. The van der Waals surface area contributed by atoms with Gasteiger partial charge < -0.3 is 5.32 Å². The summed E-state index contributed by atoms with van der Waals surface area (Å²) in [4.78, 5) is 43.7. The molecule has 0 radical (unpaired) electrons. The van der Waals surface area contributed by atoms with E-state index in [1.807, 2.05) is 0 Å². The Kier molecular flexibility index (Phi) is 6.12. The third-order valence-electron chi connectivity index (χ3n) is 5.90. The summed E-state index contributed by atoms with van der Waals surface area (Å²) in [5.74, 6) is -0.907. The molecule has 10 heteroatoms. The van der Waals surface area contributed by atoms with E-state index in [-0.39, 0.29) is 23.3 Å². The highest BCUT2D eigenvalue weighted by atomic mass is 35.5. The lowest BCUT2D eigenvalue weighted by Gasteiger charge is -2.29. The summed E-state index contributed by atoms with van der Waals surface area (Å²) in [5.41, 5.74) is -0.477. The first kappa shape index (κ1) is 22.2. The SMILES string of the molecule is Cn1c(=O)c2ccc(C(=O)NCC(c3c(F)cccc3Cl)N3CCCC3)nc2n(C)c1=O. The molecule has 1 atom stereocenters. The molecule has 32 heavy (non-hydrogen) atoms. The highest BCUT2D eigenvalue weighted by Crippen LogP contribution is 2.32. The topological polar surface area (TPSA) is 89.2 Å². The summed E-state index contributed by atoms with van der Waals surface area (Å²) in [6.45, 7) is 1.70.